The number of hydrogen-bond donors (Lipinski definition) is 2. The summed E-state index contributed by atoms with van der Waals surface area (Å²) in [6.07, 6.45) is 0.501. The van der Waals surface area contributed by atoms with Crippen LogP contribution in [0.1, 0.15) is 44.4 Å². The van der Waals surface area contributed by atoms with E-state index in [1.807, 2.05) is 45.6 Å². The molecule has 0 bridgehead atoms. The lowest BCUT2D eigenvalue weighted by Crippen LogP contribution is -2.63. The molecule has 2 rings (SSSR count). The van der Waals surface area contributed by atoms with E-state index in [4.69, 9.17) is 10.5 Å². The van der Waals surface area contributed by atoms with Gasteiger partial charge in [0.25, 0.3) is 0 Å². The Kier molecular flexibility index (Phi) is 5.14. The summed E-state index contributed by atoms with van der Waals surface area (Å²) in [5.41, 5.74) is 9.52. The fraction of sp³-hybridized carbons (Fsp3) is 0.632. The molecule has 0 radical (unpaired) electrons. The Labute approximate surface area is 145 Å². The average molecular weight is 333 g/mol. The van der Waals surface area contributed by atoms with Crippen LogP contribution in [-0.4, -0.2) is 41.8 Å². The molecule has 1 saturated heterocycles. The Hall–Kier alpha value is -1.75. The standard InChI is InChI=1S/C19H31N3O2/c1-13-9-15(14(2)16(20)10-13)11-19(6)12-21-7-8-22(19)17(23)24-18(3,4)5/h9-10,21H,7-8,11-12,20H2,1-6H3/t19-/m0/s1. The van der Waals surface area contributed by atoms with Crippen molar-refractivity contribution in [2.24, 2.45) is 0 Å². The van der Waals surface area contributed by atoms with Crippen LogP contribution in [0.4, 0.5) is 10.5 Å². The van der Waals surface area contributed by atoms with Gasteiger partial charge < -0.3 is 15.8 Å². The zero-order valence-corrected chi connectivity index (χ0v) is 15.8. The van der Waals surface area contributed by atoms with E-state index >= 15 is 0 Å². The predicted molar refractivity (Wildman–Crippen MR) is 98.2 cm³/mol. The van der Waals surface area contributed by atoms with Crippen molar-refractivity contribution >= 4 is 11.8 Å². The number of ether oxygens (including phenoxy) is 1. The number of anilines is 1. The second-order valence-electron chi connectivity index (χ2n) is 8.12. The van der Waals surface area contributed by atoms with Crippen molar-refractivity contribution in [3.8, 4) is 0 Å². The first kappa shape index (κ1) is 18.6. The highest BCUT2D eigenvalue weighted by Crippen LogP contribution is 2.28. The number of nitrogen functional groups attached to an aromatic ring is 1. The van der Waals surface area contributed by atoms with Crippen LogP contribution in [0.2, 0.25) is 0 Å². The zero-order valence-electron chi connectivity index (χ0n) is 15.8. The third-order valence-electron chi connectivity index (χ3n) is 4.55. The molecule has 1 heterocycles. The molecule has 134 valence electrons. The van der Waals surface area contributed by atoms with Gasteiger partial charge in [-0.2, -0.15) is 0 Å². The molecule has 3 N–H and O–H groups in total. The molecular formula is C19H31N3O2. The third kappa shape index (κ3) is 4.20. The van der Waals surface area contributed by atoms with Crippen molar-refractivity contribution in [3.63, 3.8) is 0 Å². The Balaban J connectivity index is 2.29. The Bertz CT molecular complexity index is 622. The van der Waals surface area contributed by atoms with E-state index in [1.165, 1.54) is 5.56 Å². The summed E-state index contributed by atoms with van der Waals surface area (Å²) in [6, 6.07) is 4.16. The van der Waals surface area contributed by atoms with Crippen molar-refractivity contribution < 1.29 is 9.53 Å². The largest absolute Gasteiger partial charge is 0.444 e. The molecule has 0 aromatic heterocycles. The molecule has 1 amide bonds. The predicted octanol–water partition coefficient (Wildman–Crippen LogP) is 3.03. The average Bonchev–Trinajstić information content (AvgIpc) is 2.42. The highest BCUT2D eigenvalue weighted by molar-refractivity contribution is 5.69. The molecular weight excluding hydrogens is 302 g/mol. The highest BCUT2D eigenvalue weighted by Gasteiger charge is 2.40. The molecule has 24 heavy (non-hydrogen) atoms. The maximum Gasteiger partial charge on any atom is 0.410 e. The van der Waals surface area contributed by atoms with Gasteiger partial charge in [0.1, 0.15) is 5.60 Å². The number of nitrogens with one attached hydrogen (secondary N) is 1. The molecule has 5 heteroatoms. The normalized spacial score (nSPS) is 21.7. The maximum atomic E-state index is 12.7. The maximum absolute atomic E-state index is 12.7. The van der Waals surface area contributed by atoms with E-state index in [0.717, 1.165) is 36.3 Å². The SMILES string of the molecule is Cc1cc(N)c(C)c(C[C@@]2(C)CNCCN2C(=O)OC(C)(C)C)c1. The minimum Gasteiger partial charge on any atom is -0.444 e. The summed E-state index contributed by atoms with van der Waals surface area (Å²) in [5, 5.41) is 3.41. The summed E-state index contributed by atoms with van der Waals surface area (Å²) in [6.45, 7) is 14.1. The molecule has 1 aliphatic heterocycles. The van der Waals surface area contributed by atoms with E-state index in [9.17, 15) is 4.79 Å². The van der Waals surface area contributed by atoms with Gasteiger partial charge in [0.2, 0.25) is 0 Å². The quantitative estimate of drug-likeness (QED) is 0.816. The van der Waals surface area contributed by atoms with E-state index < -0.39 is 5.60 Å². The lowest BCUT2D eigenvalue weighted by atomic mass is 9.86. The summed E-state index contributed by atoms with van der Waals surface area (Å²) in [4.78, 5) is 14.6. The Morgan fingerprint density at radius 3 is 2.67 bits per heavy atom. The first-order chi connectivity index (χ1) is 11.0. The fourth-order valence-electron chi connectivity index (χ4n) is 3.26. The number of hydrogen-bond acceptors (Lipinski definition) is 4. The number of piperazine rings is 1. The first-order valence-corrected chi connectivity index (χ1v) is 8.59. The van der Waals surface area contributed by atoms with Crippen LogP contribution in [0.25, 0.3) is 0 Å². The molecule has 1 atom stereocenters. The van der Waals surface area contributed by atoms with Crippen molar-refractivity contribution in [1.29, 1.82) is 0 Å². The number of nitrogens with two attached hydrogens (primary N) is 1. The first-order valence-electron chi connectivity index (χ1n) is 8.59. The summed E-state index contributed by atoms with van der Waals surface area (Å²) >= 11 is 0. The van der Waals surface area contributed by atoms with Crippen LogP contribution >= 0.6 is 0 Å². The summed E-state index contributed by atoms with van der Waals surface area (Å²) in [5.74, 6) is 0. The number of aryl methyl sites for hydroxylation is 1. The van der Waals surface area contributed by atoms with Crippen molar-refractivity contribution in [2.45, 2.75) is 59.1 Å². The van der Waals surface area contributed by atoms with E-state index in [2.05, 4.69) is 18.3 Å². The van der Waals surface area contributed by atoms with Crippen LogP contribution in [0.3, 0.4) is 0 Å². The topological polar surface area (TPSA) is 67.6 Å². The van der Waals surface area contributed by atoms with Gasteiger partial charge in [-0.1, -0.05) is 6.07 Å². The van der Waals surface area contributed by atoms with Gasteiger partial charge in [-0.15, -0.1) is 0 Å². The van der Waals surface area contributed by atoms with E-state index in [-0.39, 0.29) is 11.6 Å². The molecule has 1 fully saturated rings. The van der Waals surface area contributed by atoms with Gasteiger partial charge in [-0.25, -0.2) is 4.79 Å². The molecule has 0 unspecified atom stereocenters. The molecule has 1 aromatic rings. The highest BCUT2D eigenvalue weighted by atomic mass is 16.6. The van der Waals surface area contributed by atoms with E-state index in [1.54, 1.807) is 0 Å². The lowest BCUT2D eigenvalue weighted by molar-refractivity contribution is -0.00681. The smallest absolute Gasteiger partial charge is 0.410 e. The Morgan fingerprint density at radius 1 is 1.38 bits per heavy atom. The molecule has 0 aliphatic carbocycles. The summed E-state index contributed by atoms with van der Waals surface area (Å²) < 4.78 is 5.62. The number of nitrogens with zero attached hydrogens (tertiary/aromatic N) is 1. The van der Waals surface area contributed by atoms with Gasteiger partial charge in [-0.05, 0) is 70.7 Å². The second kappa shape index (κ2) is 6.63. The monoisotopic (exact) mass is 333 g/mol. The lowest BCUT2D eigenvalue weighted by Gasteiger charge is -2.45. The molecule has 5 nitrogen and oxygen atoms in total. The van der Waals surface area contributed by atoms with Crippen LogP contribution in [0.5, 0.6) is 0 Å². The van der Waals surface area contributed by atoms with Crippen LogP contribution in [0.15, 0.2) is 12.1 Å². The number of amides is 1. The molecule has 0 spiro atoms. The number of benzene rings is 1. The number of carbonyl (C=O) groups is 1. The number of rotatable bonds is 2. The van der Waals surface area contributed by atoms with Crippen LogP contribution in [0, 0.1) is 13.8 Å². The third-order valence-corrected chi connectivity index (χ3v) is 4.55. The summed E-state index contributed by atoms with van der Waals surface area (Å²) in [7, 11) is 0. The molecule has 1 aliphatic rings. The van der Waals surface area contributed by atoms with Crippen molar-refractivity contribution in [3.05, 3.63) is 28.8 Å². The van der Waals surface area contributed by atoms with Crippen LogP contribution < -0.4 is 11.1 Å². The fourth-order valence-corrected chi connectivity index (χ4v) is 3.26. The van der Waals surface area contributed by atoms with Crippen molar-refractivity contribution in [2.75, 3.05) is 25.4 Å². The van der Waals surface area contributed by atoms with Gasteiger partial charge in [0.15, 0.2) is 0 Å². The second-order valence-corrected chi connectivity index (χ2v) is 8.12. The van der Waals surface area contributed by atoms with Gasteiger partial charge in [0, 0.05) is 25.3 Å². The van der Waals surface area contributed by atoms with Gasteiger partial charge in [0.05, 0.1) is 5.54 Å². The minimum atomic E-state index is -0.494. The van der Waals surface area contributed by atoms with Gasteiger partial charge >= 0.3 is 6.09 Å². The van der Waals surface area contributed by atoms with E-state index in [0.29, 0.717) is 6.54 Å². The Morgan fingerprint density at radius 2 is 2.04 bits per heavy atom. The van der Waals surface area contributed by atoms with Gasteiger partial charge in [-0.3, -0.25) is 4.90 Å². The number of carbonyl (C=O) groups excluding carboxylic acids is 1. The minimum absolute atomic E-state index is 0.246. The molecule has 1 aromatic carbocycles. The zero-order chi connectivity index (χ0) is 18.1. The van der Waals surface area contributed by atoms with Crippen LogP contribution in [-0.2, 0) is 11.2 Å². The van der Waals surface area contributed by atoms with Crippen molar-refractivity contribution in [1.82, 2.24) is 10.2 Å². The molecule has 0 saturated carbocycles.